The first-order valence-corrected chi connectivity index (χ1v) is 14.8. The molecule has 1 N–H and O–H groups in total. The van der Waals surface area contributed by atoms with E-state index in [0.717, 1.165) is 29.1 Å². The Morgan fingerprint density at radius 1 is 0.951 bits per heavy atom. The van der Waals surface area contributed by atoms with E-state index in [-0.39, 0.29) is 13.0 Å². The van der Waals surface area contributed by atoms with Crippen LogP contribution in [0.1, 0.15) is 30.0 Å². The molecule has 3 aromatic carbocycles. The molecule has 0 radical (unpaired) electrons. The Kier molecular flexibility index (Phi) is 13.4. The molecular formula is C32H39NO7S. The van der Waals surface area contributed by atoms with Gasteiger partial charge in [-0.25, -0.2) is 9.59 Å². The average Bonchev–Trinajstić information content (AvgIpc) is 2.97. The summed E-state index contributed by atoms with van der Waals surface area (Å²) < 4.78 is 22.3. The Morgan fingerprint density at radius 3 is 2.39 bits per heavy atom. The number of carboxylic acid groups (broad SMARTS) is 1. The largest absolute Gasteiger partial charge is 0.493 e. The lowest BCUT2D eigenvalue weighted by molar-refractivity contribution is -0.149. The second-order valence-corrected chi connectivity index (χ2v) is 10.5. The zero-order valence-corrected chi connectivity index (χ0v) is 24.7. The van der Waals surface area contributed by atoms with Crippen LogP contribution < -0.4 is 14.2 Å². The van der Waals surface area contributed by atoms with Gasteiger partial charge in [-0.2, -0.15) is 11.8 Å². The van der Waals surface area contributed by atoms with Crippen LogP contribution in [0.3, 0.4) is 0 Å². The quantitative estimate of drug-likeness (QED) is 0.187. The number of carboxylic acids is 1. The minimum atomic E-state index is -0.985. The summed E-state index contributed by atoms with van der Waals surface area (Å²) in [5, 5.41) is 9.31. The Morgan fingerprint density at radius 2 is 1.71 bits per heavy atom. The molecule has 41 heavy (non-hydrogen) atoms. The molecule has 9 heteroatoms. The minimum Gasteiger partial charge on any atom is -0.493 e. The number of ether oxygens (including phenoxy) is 4. The van der Waals surface area contributed by atoms with Crippen LogP contribution >= 0.6 is 11.8 Å². The van der Waals surface area contributed by atoms with Crippen molar-refractivity contribution in [2.24, 2.45) is 0 Å². The summed E-state index contributed by atoms with van der Waals surface area (Å²) in [6.07, 6.45) is -0.273. The van der Waals surface area contributed by atoms with E-state index >= 15 is 0 Å². The number of rotatable bonds is 17. The van der Waals surface area contributed by atoms with Crippen molar-refractivity contribution in [3.8, 4) is 17.2 Å². The third kappa shape index (κ3) is 11.0. The number of amides is 1. The maximum absolute atomic E-state index is 13.2. The van der Waals surface area contributed by atoms with Crippen LogP contribution in [0, 0.1) is 6.92 Å². The van der Waals surface area contributed by atoms with Gasteiger partial charge in [-0.3, -0.25) is 0 Å². The van der Waals surface area contributed by atoms with Crippen LogP contribution in [-0.2, 0) is 21.7 Å². The molecule has 0 aliphatic rings. The van der Waals surface area contributed by atoms with Crippen LogP contribution in [0.4, 0.5) is 4.79 Å². The average molecular weight is 582 g/mol. The highest BCUT2D eigenvalue weighted by Gasteiger charge is 2.19. The summed E-state index contributed by atoms with van der Waals surface area (Å²) in [5.41, 5.74) is 3.07. The predicted molar refractivity (Wildman–Crippen MR) is 161 cm³/mol. The molecule has 1 amide bonds. The minimum absolute atomic E-state index is 0.271. The van der Waals surface area contributed by atoms with Crippen molar-refractivity contribution in [1.82, 2.24) is 4.90 Å². The summed E-state index contributed by atoms with van der Waals surface area (Å²) in [6, 6.07) is 23.0. The molecule has 1 atom stereocenters. The van der Waals surface area contributed by atoms with Crippen molar-refractivity contribution in [2.45, 2.75) is 38.5 Å². The van der Waals surface area contributed by atoms with E-state index < -0.39 is 18.2 Å². The molecule has 0 saturated carbocycles. The number of hydrogen-bond donors (Lipinski definition) is 1. The SMILES string of the molecule is CCOC(Cc1ccc(OCCN(CCCSCc2ccccc2)C(=O)Oc2cc(C)ccc2OC)cc1)C(=O)O. The van der Waals surface area contributed by atoms with Crippen LogP contribution in [0.15, 0.2) is 72.8 Å². The third-order valence-electron chi connectivity index (χ3n) is 6.22. The molecule has 0 aromatic heterocycles. The van der Waals surface area contributed by atoms with Gasteiger partial charge in [-0.1, -0.05) is 48.5 Å². The van der Waals surface area contributed by atoms with Gasteiger partial charge >= 0.3 is 12.1 Å². The zero-order valence-electron chi connectivity index (χ0n) is 23.9. The molecule has 3 aromatic rings. The van der Waals surface area contributed by atoms with E-state index in [1.807, 2.05) is 55.1 Å². The molecule has 0 aliphatic carbocycles. The van der Waals surface area contributed by atoms with Gasteiger partial charge in [0, 0.05) is 25.3 Å². The molecule has 0 saturated heterocycles. The maximum Gasteiger partial charge on any atom is 0.415 e. The normalized spacial score (nSPS) is 11.5. The zero-order chi connectivity index (χ0) is 29.5. The van der Waals surface area contributed by atoms with Gasteiger partial charge in [-0.05, 0) is 67.0 Å². The van der Waals surface area contributed by atoms with Crippen molar-refractivity contribution in [3.63, 3.8) is 0 Å². The summed E-state index contributed by atoms with van der Waals surface area (Å²) in [5.74, 6) is 2.33. The lowest BCUT2D eigenvalue weighted by Crippen LogP contribution is -2.37. The lowest BCUT2D eigenvalue weighted by Gasteiger charge is -2.23. The van der Waals surface area contributed by atoms with Gasteiger partial charge in [0.15, 0.2) is 17.6 Å². The summed E-state index contributed by atoms with van der Waals surface area (Å²) in [6.45, 7) is 5.16. The van der Waals surface area contributed by atoms with Crippen LogP contribution in [0.5, 0.6) is 17.2 Å². The second-order valence-electron chi connectivity index (χ2n) is 9.38. The number of nitrogens with zero attached hydrogens (tertiary/aromatic N) is 1. The van der Waals surface area contributed by atoms with Gasteiger partial charge in [-0.15, -0.1) is 0 Å². The Labute approximate surface area is 246 Å². The third-order valence-corrected chi connectivity index (χ3v) is 7.34. The first kappa shape index (κ1) is 31.8. The number of benzene rings is 3. The highest BCUT2D eigenvalue weighted by atomic mass is 32.2. The fraction of sp³-hybridized carbons (Fsp3) is 0.375. The summed E-state index contributed by atoms with van der Waals surface area (Å²) >= 11 is 1.83. The monoisotopic (exact) mass is 581 g/mol. The number of carbonyl (C=O) groups is 2. The number of carbonyl (C=O) groups excluding carboxylic acids is 1. The number of hydrogen-bond acceptors (Lipinski definition) is 7. The van der Waals surface area contributed by atoms with E-state index in [0.29, 0.717) is 36.9 Å². The standard InChI is InChI=1S/C32H39NO7S/c1-4-38-30(31(34)35)22-25-12-14-27(15-13-25)39-19-18-33(17-8-20-41-23-26-9-6-5-7-10-26)32(36)40-29-21-24(2)11-16-28(29)37-3/h5-7,9-16,21,30H,4,8,17-20,22-23H2,1-3H3,(H,34,35). The van der Waals surface area contributed by atoms with Gasteiger partial charge in [0.2, 0.25) is 0 Å². The smallest absolute Gasteiger partial charge is 0.415 e. The molecular weight excluding hydrogens is 542 g/mol. The van der Waals surface area contributed by atoms with Crippen LogP contribution in [0.2, 0.25) is 0 Å². The molecule has 0 aliphatic heterocycles. The molecule has 8 nitrogen and oxygen atoms in total. The predicted octanol–water partition coefficient (Wildman–Crippen LogP) is 6.24. The van der Waals surface area contributed by atoms with Crippen LogP contribution in [-0.4, -0.2) is 67.3 Å². The summed E-state index contributed by atoms with van der Waals surface area (Å²) in [7, 11) is 1.54. The van der Waals surface area contributed by atoms with Gasteiger partial charge in [0.1, 0.15) is 12.4 Å². The van der Waals surface area contributed by atoms with Crippen molar-refractivity contribution in [2.75, 3.05) is 39.2 Å². The Bertz CT molecular complexity index is 1220. The second kappa shape index (κ2) is 17.2. The fourth-order valence-corrected chi connectivity index (χ4v) is 4.97. The molecule has 0 bridgehead atoms. The first-order chi connectivity index (χ1) is 19.9. The first-order valence-electron chi connectivity index (χ1n) is 13.7. The van der Waals surface area contributed by atoms with E-state index in [4.69, 9.17) is 18.9 Å². The van der Waals surface area contributed by atoms with E-state index in [1.54, 1.807) is 43.2 Å². The van der Waals surface area contributed by atoms with E-state index in [1.165, 1.54) is 5.56 Å². The highest BCUT2D eigenvalue weighted by molar-refractivity contribution is 7.98. The molecule has 0 spiro atoms. The number of methoxy groups -OCH3 is 1. The molecule has 0 fully saturated rings. The topological polar surface area (TPSA) is 94.5 Å². The maximum atomic E-state index is 13.2. The highest BCUT2D eigenvalue weighted by Crippen LogP contribution is 2.28. The molecule has 3 rings (SSSR count). The lowest BCUT2D eigenvalue weighted by atomic mass is 10.1. The Hall–Kier alpha value is -3.69. The number of aryl methyl sites for hydroxylation is 1. The van der Waals surface area contributed by atoms with Crippen molar-refractivity contribution >= 4 is 23.8 Å². The van der Waals surface area contributed by atoms with Crippen molar-refractivity contribution in [1.29, 1.82) is 0 Å². The van der Waals surface area contributed by atoms with Gasteiger partial charge < -0.3 is 29.0 Å². The van der Waals surface area contributed by atoms with Crippen molar-refractivity contribution in [3.05, 3.63) is 89.5 Å². The van der Waals surface area contributed by atoms with Gasteiger partial charge in [0.25, 0.3) is 0 Å². The molecule has 1 unspecified atom stereocenters. The fourth-order valence-electron chi connectivity index (χ4n) is 4.07. The number of thioether (sulfide) groups is 1. The van der Waals surface area contributed by atoms with E-state index in [2.05, 4.69) is 12.1 Å². The van der Waals surface area contributed by atoms with E-state index in [9.17, 15) is 14.7 Å². The summed E-state index contributed by atoms with van der Waals surface area (Å²) in [4.78, 5) is 26.2. The van der Waals surface area contributed by atoms with Gasteiger partial charge in [0.05, 0.1) is 13.7 Å². The number of aliphatic carboxylic acids is 1. The van der Waals surface area contributed by atoms with Crippen LogP contribution in [0.25, 0.3) is 0 Å². The van der Waals surface area contributed by atoms with Crippen molar-refractivity contribution < 1.29 is 33.6 Å². The molecule has 220 valence electrons. The Balaban J connectivity index is 1.56. The molecule has 0 heterocycles.